The Bertz CT molecular complexity index is 449. The van der Waals surface area contributed by atoms with E-state index in [4.69, 9.17) is 4.74 Å². The van der Waals surface area contributed by atoms with E-state index >= 15 is 0 Å². The molecule has 98 valence electrons. The van der Waals surface area contributed by atoms with Gasteiger partial charge < -0.3 is 9.47 Å². The Morgan fingerprint density at radius 1 is 1.61 bits per heavy atom. The highest BCUT2D eigenvalue weighted by atomic mass is 16.5. The van der Waals surface area contributed by atoms with Crippen molar-refractivity contribution in [2.45, 2.75) is 26.3 Å². The van der Waals surface area contributed by atoms with E-state index in [0.717, 1.165) is 5.57 Å². The summed E-state index contributed by atoms with van der Waals surface area (Å²) in [7, 11) is 1.36. The second-order valence-electron chi connectivity index (χ2n) is 5.11. The molecule has 2 heterocycles. The molecule has 0 aromatic heterocycles. The van der Waals surface area contributed by atoms with Gasteiger partial charge in [0.15, 0.2) is 0 Å². The summed E-state index contributed by atoms with van der Waals surface area (Å²) in [6.07, 6.45) is 4.91. The summed E-state index contributed by atoms with van der Waals surface area (Å²) >= 11 is 0. The second kappa shape index (κ2) is 4.48. The number of hydrogen-bond donors (Lipinski definition) is 0. The standard InChI is InChI=1S/C13H18N2O3/c1-9-5-6-15(12(16)17-4)7-10(9)11-14-13(2,3)8-18-11/h5-7,9H,8H2,1-4H3. The third-order valence-corrected chi connectivity index (χ3v) is 2.90. The lowest BCUT2D eigenvalue weighted by atomic mass is 9.99. The molecule has 0 spiro atoms. The summed E-state index contributed by atoms with van der Waals surface area (Å²) in [6.45, 7) is 6.63. The summed E-state index contributed by atoms with van der Waals surface area (Å²) in [5.74, 6) is 0.782. The average molecular weight is 250 g/mol. The van der Waals surface area contributed by atoms with Crippen molar-refractivity contribution >= 4 is 12.0 Å². The number of nitrogens with zero attached hydrogens (tertiary/aromatic N) is 2. The van der Waals surface area contributed by atoms with Crippen LogP contribution in [0, 0.1) is 5.92 Å². The van der Waals surface area contributed by atoms with Crippen LogP contribution in [0.15, 0.2) is 29.0 Å². The van der Waals surface area contributed by atoms with Gasteiger partial charge in [-0.25, -0.2) is 9.79 Å². The zero-order chi connectivity index (χ0) is 13.3. The lowest BCUT2D eigenvalue weighted by Gasteiger charge is -2.22. The Hall–Kier alpha value is -1.78. The zero-order valence-corrected chi connectivity index (χ0v) is 11.1. The Kier molecular flexibility index (Phi) is 3.15. The third kappa shape index (κ3) is 2.39. The number of allylic oxidation sites excluding steroid dienone is 1. The van der Waals surface area contributed by atoms with E-state index in [1.54, 1.807) is 12.4 Å². The van der Waals surface area contributed by atoms with Crippen molar-refractivity contribution in [2.24, 2.45) is 10.9 Å². The summed E-state index contributed by atoms with van der Waals surface area (Å²) in [6, 6.07) is 0. The van der Waals surface area contributed by atoms with Crippen molar-refractivity contribution in [1.29, 1.82) is 0 Å². The van der Waals surface area contributed by atoms with Crippen LogP contribution in [-0.4, -0.2) is 36.1 Å². The molecule has 1 atom stereocenters. The topological polar surface area (TPSA) is 51.1 Å². The van der Waals surface area contributed by atoms with Crippen LogP contribution in [0.3, 0.4) is 0 Å². The van der Waals surface area contributed by atoms with Gasteiger partial charge in [-0.1, -0.05) is 13.0 Å². The first kappa shape index (κ1) is 12.7. The van der Waals surface area contributed by atoms with Crippen LogP contribution in [-0.2, 0) is 9.47 Å². The number of ether oxygens (including phenoxy) is 2. The predicted octanol–water partition coefficient (Wildman–Crippen LogP) is 2.31. The van der Waals surface area contributed by atoms with Gasteiger partial charge in [0.05, 0.1) is 12.6 Å². The van der Waals surface area contributed by atoms with E-state index in [1.807, 2.05) is 26.8 Å². The summed E-state index contributed by atoms with van der Waals surface area (Å²) < 4.78 is 10.3. The van der Waals surface area contributed by atoms with Crippen molar-refractivity contribution in [3.05, 3.63) is 24.0 Å². The molecule has 5 heteroatoms. The van der Waals surface area contributed by atoms with Gasteiger partial charge in [0.2, 0.25) is 5.90 Å². The first-order valence-electron chi connectivity index (χ1n) is 5.92. The number of aliphatic imine (C=N–C) groups is 1. The Morgan fingerprint density at radius 3 is 2.89 bits per heavy atom. The number of methoxy groups -OCH3 is 1. The average Bonchev–Trinajstić information content (AvgIpc) is 2.69. The summed E-state index contributed by atoms with van der Waals surface area (Å²) in [5, 5.41) is 0. The summed E-state index contributed by atoms with van der Waals surface area (Å²) in [5.41, 5.74) is 0.695. The molecule has 0 bridgehead atoms. The maximum Gasteiger partial charge on any atom is 0.417 e. The van der Waals surface area contributed by atoms with Gasteiger partial charge in [0, 0.05) is 23.9 Å². The van der Waals surface area contributed by atoms with Gasteiger partial charge in [-0.3, -0.25) is 4.90 Å². The van der Waals surface area contributed by atoms with Crippen LogP contribution < -0.4 is 0 Å². The maximum absolute atomic E-state index is 11.5. The van der Waals surface area contributed by atoms with Gasteiger partial charge in [-0.15, -0.1) is 0 Å². The minimum Gasteiger partial charge on any atom is -0.475 e. The Labute approximate surface area is 107 Å². The van der Waals surface area contributed by atoms with E-state index in [1.165, 1.54) is 12.0 Å². The molecule has 1 unspecified atom stereocenters. The van der Waals surface area contributed by atoms with Crippen molar-refractivity contribution in [3.63, 3.8) is 0 Å². The Morgan fingerprint density at radius 2 is 2.33 bits per heavy atom. The van der Waals surface area contributed by atoms with Crippen molar-refractivity contribution < 1.29 is 14.3 Å². The molecule has 5 nitrogen and oxygen atoms in total. The predicted molar refractivity (Wildman–Crippen MR) is 68.1 cm³/mol. The highest BCUT2D eigenvalue weighted by Crippen LogP contribution is 2.27. The smallest absolute Gasteiger partial charge is 0.417 e. The molecule has 2 aliphatic heterocycles. The molecule has 0 aliphatic carbocycles. The molecule has 0 saturated heterocycles. The van der Waals surface area contributed by atoms with Crippen LogP contribution >= 0.6 is 0 Å². The molecule has 0 aromatic carbocycles. The molecule has 1 amide bonds. The molecule has 2 aliphatic rings. The molecule has 0 N–H and O–H groups in total. The van der Waals surface area contributed by atoms with Crippen LogP contribution in [0.5, 0.6) is 0 Å². The van der Waals surface area contributed by atoms with E-state index in [0.29, 0.717) is 12.5 Å². The van der Waals surface area contributed by atoms with E-state index in [2.05, 4.69) is 9.73 Å². The quantitative estimate of drug-likeness (QED) is 0.717. The number of rotatable bonds is 1. The molecule has 0 radical (unpaired) electrons. The van der Waals surface area contributed by atoms with E-state index in [-0.39, 0.29) is 11.5 Å². The first-order valence-corrected chi connectivity index (χ1v) is 5.92. The largest absolute Gasteiger partial charge is 0.475 e. The first-order chi connectivity index (χ1) is 8.43. The third-order valence-electron chi connectivity index (χ3n) is 2.90. The monoisotopic (exact) mass is 250 g/mol. The zero-order valence-electron chi connectivity index (χ0n) is 11.1. The SMILES string of the molecule is COC(=O)N1C=CC(C)C(C2=NC(C)(C)CO2)=C1. The van der Waals surface area contributed by atoms with Gasteiger partial charge in [-0.2, -0.15) is 0 Å². The normalized spacial score (nSPS) is 25.3. The van der Waals surface area contributed by atoms with Crippen LogP contribution in [0.1, 0.15) is 20.8 Å². The lowest BCUT2D eigenvalue weighted by molar-refractivity contribution is 0.151. The van der Waals surface area contributed by atoms with Gasteiger partial charge in [0.25, 0.3) is 0 Å². The van der Waals surface area contributed by atoms with Gasteiger partial charge >= 0.3 is 6.09 Å². The minimum absolute atomic E-state index is 0.165. The molecule has 0 aromatic rings. The fourth-order valence-corrected chi connectivity index (χ4v) is 1.84. The lowest BCUT2D eigenvalue weighted by Crippen LogP contribution is -2.26. The fourth-order valence-electron chi connectivity index (χ4n) is 1.84. The molecule has 2 rings (SSSR count). The van der Waals surface area contributed by atoms with E-state index in [9.17, 15) is 4.79 Å². The molecule has 0 fully saturated rings. The van der Waals surface area contributed by atoms with Crippen LogP contribution in [0.4, 0.5) is 4.79 Å². The van der Waals surface area contributed by atoms with Crippen LogP contribution in [0.25, 0.3) is 0 Å². The second-order valence-corrected chi connectivity index (χ2v) is 5.11. The Balaban J connectivity index is 2.26. The minimum atomic E-state index is -0.423. The van der Waals surface area contributed by atoms with E-state index < -0.39 is 6.09 Å². The maximum atomic E-state index is 11.5. The number of carbonyl (C=O) groups is 1. The van der Waals surface area contributed by atoms with Crippen molar-refractivity contribution in [1.82, 2.24) is 4.90 Å². The molecule has 18 heavy (non-hydrogen) atoms. The number of carbonyl (C=O) groups excluding carboxylic acids is 1. The highest BCUT2D eigenvalue weighted by Gasteiger charge is 2.31. The number of hydrogen-bond acceptors (Lipinski definition) is 4. The van der Waals surface area contributed by atoms with Gasteiger partial charge in [-0.05, 0) is 13.8 Å². The highest BCUT2D eigenvalue weighted by molar-refractivity contribution is 5.96. The van der Waals surface area contributed by atoms with Crippen molar-refractivity contribution in [3.8, 4) is 0 Å². The van der Waals surface area contributed by atoms with Crippen molar-refractivity contribution in [2.75, 3.05) is 13.7 Å². The van der Waals surface area contributed by atoms with Crippen LogP contribution in [0.2, 0.25) is 0 Å². The molecule has 0 saturated carbocycles. The number of amides is 1. The fraction of sp³-hybridized carbons (Fsp3) is 0.538. The molecular formula is C13H18N2O3. The molecular weight excluding hydrogens is 232 g/mol. The van der Waals surface area contributed by atoms with Gasteiger partial charge in [0.1, 0.15) is 6.61 Å². The summed E-state index contributed by atoms with van der Waals surface area (Å²) in [4.78, 5) is 17.4.